The predicted octanol–water partition coefficient (Wildman–Crippen LogP) is 5.48. The topological polar surface area (TPSA) is 55.4 Å². The van der Waals surface area contributed by atoms with Gasteiger partial charge in [-0.1, -0.05) is 36.4 Å². The van der Waals surface area contributed by atoms with Crippen LogP contribution in [0.1, 0.15) is 11.1 Å². The Morgan fingerprint density at radius 1 is 0.767 bits per heavy atom. The number of aromatic nitrogens is 1. The van der Waals surface area contributed by atoms with E-state index in [9.17, 15) is 0 Å². The van der Waals surface area contributed by atoms with Gasteiger partial charge >= 0.3 is 0 Å². The molecule has 5 nitrogen and oxygen atoms in total. The molecule has 0 radical (unpaired) electrons. The SMILES string of the molecule is COc1cccc(CNc2cccc3nc(NCc4ccccc4OC)ccc23)c1. The Balaban J connectivity index is 1.49. The molecule has 0 fully saturated rings. The van der Waals surface area contributed by atoms with Crippen LogP contribution in [-0.2, 0) is 13.1 Å². The van der Waals surface area contributed by atoms with Crippen molar-refractivity contribution in [2.45, 2.75) is 13.1 Å². The third-order valence-corrected chi connectivity index (χ3v) is 5.00. The van der Waals surface area contributed by atoms with E-state index in [1.165, 1.54) is 0 Å². The van der Waals surface area contributed by atoms with Crippen molar-refractivity contribution in [1.29, 1.82) is 0 Å². The second-order valence-corrected chi connectivity index (χ2v) is 6.94. The summed E-state index contributed by atoms with van der Waals surface area (Å²) in [4.78, 5) is 4.78. The quantitative estimate of drug-likeness (QED) is 0.411. The number of anilines is 2. The van der Waals surface area contributed by atoms with Crippen LogP contribution in [0.5, 0.6) is 11.5 Å². The fourth-order valence-electron chi connectivity index (χ4n) is 3.42. The third-order valence-electron chi connectivity index (χ3n) is 5.00. The lowest BCUT2D eigenvalue weighted by Crippen LogP contribution is -2.04. The number of nitrogens with zero attached hydrogens (tertiary/aromatic N) is 1. The summed E-state index contributed by atoms with van der Waals surface area (Å²) < 4.78 is 10.7. The zero-order valence-corrected chi connectivity index (χ0v) is 17.2. The van der Waals surface area contributed by atoms with E-state index in [0.717, 1.165) is 45.0 Å². The van der Waals surface area contributed by atoms with Crippen molar-refractivity contribution in [3.63, 3.8) is 0 Å². The van der Waals surface area contributed by atoms with Crippen LogP contribution in [0.15, 0.2) is 78.9 Å². The van der Waals surface area contributed by atoms with E-state index in [-0.39, 0.29) is 0 Å². The molecule has 2 N–H and O–H groups in total. The van der Waals surface area contributed by atoms with E-state index in [4.69, 9.17) is 14.5 Å². The van der Waals surface area contributed by atoms with Gasteiger partial charge in [0.05, 0.1) is 19.7 Å². The van der Waals surface area contributed by atoms with Crippen molar-refractivity contribution < 1.29 is 9.47 Å². The van der Waals surface area contributed by atoms with Gasteiger partial charge in [-0.15, -0.1) is 0 Å². The highest BCUT2D eigenvalue weighted by Crippen LogP contribution is 2.25. The largest absolute Gasteiger partial charge is 0.497 e. The van der Waals surface area contributed by atoms with E-state index in [1.807, 2.05) is 60.7 Å². The average Bonchev–Trinajstić information content (AvgIpc) is 2.81. The molecule has 4 aromatic rings. The Kier molecular flexibility index (Phi) is 5.99. The number of fused-ring (bicyclic) bond motifs is 1. The number of rotatable bonds is 8. The van der Waals surface area contributed by atoms with Gasteiger partial charge in [0.1, 0.15) is 17.3 Å². The summed E-state index contributed by atoms with van der Waals surface area (Å²) in [6.45, 7) is 1.36. The summed E-state index contributed by atoms with van der Waals surface area (Å²) in [6, 6.07) is 26.3. The van der Waals surface area contributed by atoms with Gasteiger partial charge in [0, 0.05) is 29.7 Å². The molecule has 0 spiro atoms. The molecule has 152 valence electrons. The minimum atomic E-state index is 0.649. The summed E-state index contributed by atoms with van der Waals surface area (Å²) >= 11 is 0. The molecular formula is C25H25N3O2. The first-order valence-electron chi connectivity index (χ1n) is 9.89. The number of hydrogen-bond acceptors (Lipinski definition) is 5. The van der Waals surface area contributed by atoms with E-state index in [2.05, 4.69) is 28.8 Å². The number of hydrogen-bond donors (Lipinski definition) is 2. The highest BCUT2D eigenvalue weighted by atomic mass is 16.5. The number of benzene rings is 3. The molecule has 30 heavy (non-hydrogen) atoms. The maximum absolute atomic E-state index is 5.42. The van der Waals surface area contributed by atoms with E-state index < -0.39 is 0 Å². The van der Waals surface area contributed by atoms with Crippen LogP contribution in [-0.4, -0.2) is 19.2 Å². The van der Waals surface area contributed by atoms with Crippen molar-refractivity contribution in [3.05, 3.63) is 90.0 Å². The Morgan fingerprint density at radius 3 is 2.50 bits per heavy atom. The Hall–Kier alpha value is -3.73. The van der Waals surface area contributed by atoms with Crippen molar-refractivity contribution in [3.8, 4) is 11.5 Å². The minimum Gasteiger partial charge on any atom is -0.497 e. The van der Waals surface area contributed by atoms with E-state index in [0.29, 0.717) is 13.1 Å². The maximum atomic E-state index is 5.42. The third kappa shape index (κ3) is 4.46. The lowest BCUT2D eigenvalue weighted by molar-refractivity contribution is 0.410. The lowest BCUT2D eigenvalue weighted by atomic mass is 10.1. The van der Waals surface area contributed by atoms with Crippen LogP contribution in [0.4, 0.5) is 11.5 Å². The monoisotopic (exact) mass is 399 g/mol. The second kappa shape index (κ2) is 9.18. The molecule has 0 aliphatic heterocycles. The van der Waals surface area contributed by atoms with Crippen LogP contribution < -0.4 is 20.1 Å². The fourth-order valence-corrected chi connectivity index (χ4v) is 3.42. The van der Waals surface area contributed by atoms with Gasteiger partial charge in [0.15, 0.2) is 0 Å². The molecule has 5 heteroatoms. The van der Waals surface area contributed by atoms with Crippen molar-refractivity contribution >= 4 is 22.4 Å². The summed E-state index contributed by atoms with van der Waals surface area (Å²) in [5.74, 6) is 2.56. The van der Waals surface area contributed by atoms with Gasteiger partial charge in [-0.25, -0.2) is 4.98 Å². The van der Waals surface area contributed by atoms with Gasteiger partial charge in [-0.3, -0.25) is 0 Å². The fraction of sp³-hybridized carbons (Fsp3) is 0.160. The van der Waals surface area contributed by atoms with E-state index in [1.54, 1.807) is 14.2 Å². The Bertz CT molecular complexity index is 1140. The zero-order valence-electron chi connectivity index (χ0n) is 17.2. The number of ether oxygens (including phenoxy) is 2. The van der Waals surface area contributed by atoms with Crippen LogP contribution in [0.2, 0.25) is 0 Å². The standard InChI is InChI=1S/C25H25N3O2/c1-29-20-9-5-7-18(15-20)16-26-22-10-6-11-23-21(22)13-14-25(28-23)27-17-19-8-3-4-12-24(19)30-2/h3-15,26H,16-17H2,1-2H3,(H,27,28). The maximum Gasteiger partial charge on any atom is 0.126 e. The molecule has 0 saturated heterocycles. The van der Waals surface area contributed by atoms with Crippen molar-refractivity contribution in [2.75, 3.05) is 24.9 Å². The van der Waals surface area contributed by atoms with E-state index >= 15 is 0 Å². The summed E-state index contributed by atoms with van der Waals surface area (Å²) in [6.07, 6.45) is 0. The first-order valence-corrected chi connectivity index (χ1v) is 9.89. The highest BCUT2D eigenvalue weighted by molar-refractivity contribution is 5.92. The average molecular weight is 399 g/mol. The Morgan fingerprint density at radius 2 is 1.63 bits per heavy atom. The highest BCUT2D eigenvalue weighted by Gasteiger charge is 2.06. The molecular weight excluding hydrogens is 374 g/mol. The van der Waals surface area contributed by atoms with Gasteiger partial charge in [0.2, 0.25) is 0 Å². The van der Waals surface area contributed by atoms with Gasteiger partial charge in [-0.05, 0) is 48.0 Å². The van der Waals surface area contributed by atoms with Gasteiger partial charge in [-0.2, -0.15) is 0 Å². The van der Waals surface area contributed by atoms with Crippen LogP contribution in [0, 0.1) is 0 Å². The molecule has 0 saturated carbocycles. The molecule has 3 aromatic carbocycles. The summed E-state index contributed by atoms with van der Waals surface area (Å²) in [5, 5.41) is 7.99. The molecule has 1 heterocycles. The van der Waals surface area contributed by atoms with Gasteiger partial charge in [0.25, 0.3) is 0 Å². The first kappa shape index (κ1) is 19.6. The molecule has 0 amide bonds. The number of pyridine rings is 1. The zero-order chi connectivity index (χ0) is 20.8. The number of nitrogens with one attached hydrogen (secondary N) is 2. The smallest absolute Gasteiger partial charge is 0.126 e. The number of para-hydroxylation sites is 1. The molecule has 1 aromatic heterocycles. The van der Waals surface area contributed by atoms with Crippen LogP contribution in [0.3, 0.4) is 0 Å². The second-order valence-electron chi connectivity index (χ2n) is 6.94. The van der Waals surface area contributed by atoms with Crippen molar-refractivity contribution in [2.24, 2.45) is 0 Å². The normalized spacial score (nSPS) is 10.6. The van der Waals surface area contributed by atoms with Crippen LogP contribution in [0.25, 0.3) is 10.9 Å². The lowest BCUT2D eigenvalue weighted by Gasteiger charge is -2.13. The molecule has 0 atom stereocenters. The Labute approximate surface area is 176 Å². The van der Waals surface area contributed by atoms with Crippen molar-refractivity contribution in [1.82, 2.24) is 4.98 Å². The molecule has 0 aliphatic carbocycles. The molecule has 4 rings (SSSR count). The minimum absolute atomic E-state index is 0.649. The number of methoxy groups -OCH3 is 2. The van der Waals surface area contributed by atoms with Gasteiger partial charge < -0.3 is 20.1 Å². The summed E-state index contributed by atoms with van der Waals surface area (Å²) in [7, 11) is 3.37. The predicted molar refractivity (Wildman–Crippen MR) is 122 cm³/mol. The molecule has 0 aliphatic rings. The molecule has 0 unspecified atom stereocenters. The first-order chi connectivity index (χ1) is 14.8. The summed E-state index contributed by atoms with van der Waals surface area (Å²) in [5.41, 5.74) is 4.25. The van der Waals surface area contributed by atoms with Crippen LogP contribution >= 0.6 is 0 Å². The molecule has 0 bridgehead atoms.